The van der Waals surface area contributed by atoms with Gasteiger partial charge >= 0.3 is 0 Å². The molecule has 0 aromatic heterocycles. The molecule has 0 unspecified atom stereocenters. The van der Waals surface area contributed by atoms with Crippen molar-refractivity contribution in [2.45, 2.75) is 46.0 Å². The number of hydrogen-bond donors (Lipinski definition) is 0. The highest BCUT2D eigenvalue weighted by molar-refractivity contribution is 5.88. The highest BCUT2D eigenvalue weighted by Gasteiger charge is 2.13. The summed E-state index contributed by atoms with van der Waals surface area (Å²) in [5.74, 6) is -1.47. The molecular formula is C23H24F2. The molecule has 0 aliphatic carbocycles. The number of fused-ring (bicyclic) bond motifs is 1. The summed E-state index contributed by atoms with van der Waals surface area (Å²) >= 11 is 0. The Morgan fingerprint density at radius 3 is 2.16 bits per heavy atom. The van der Waals surface area contributed by atoms with E-state index in [2.05, 4.69) is 31.2 Å². The van der Waals surface area contributed by atoms with Crippen LogP contribution >= 0.6 is 0 Å². The third kappa shape index (κ3) is 3.73. The van der Waals surface area contributed by atoms with Gasteiger partial charge in [-0.3, -0.25) is 0 Å². The van der Waals surface area contributed by atoms with Crippen LogP contribution in [0.25, 0.3) is 21.9 Å². The Balaban J connectivity index is 1.92. The van der Waals surface area contributed by atoms with Crippen LogP contribution in [0.2, 0.25) is 0 Å². The molecule has 0 bridgehead atoms. The van der Waals surface area contributed by atoms with E-state index in [1.807, 2.05) is 19.1 Å². The normalized spacial score (nSPS) is 11.2. The third-order valence-corrected chi connectivity index (χ3v) is 4.83. The maximum absolute atomic E-state index is 14.4. The minimum absolute atomic E-state index is 0.347. The largest absolute Gasteiger partial charge is 0.203 e. The Morgan fingerprint density at radius 1 is 0.760 bits per heavy atom. The van der Waals surface area contributed by atoms with E-state index >= 15 is 0 Å². The zero-order valence-corrected chi connectivity index (χ0v) is 14.9. The van der Waals surface area contributed by atoms with E-state index in [-0.39, 0.29) is 0 Å². The van der Waals surface area contributed by atoms with Crippen molar-refractivity contribution in [2.24, 2.45) is 0 Å². The smallest absolute Gasteiger partial charge is 0.166 e. The van der Waals surface area contributed by atoms with Gasteiger partial charge in [0.1, 0.15) is 0 Å². The van der Waals surface area contributed by atoms with Crippen molar-refractivity contribution in [3.05, 3.63) is 71.3 Å². The fourth-order valence-electron chi connectivity index (χ4n) is 3.26. The molecule has 2 heteroatoms. The summed E-state index contributed by atoms with van der Waals surface area (Å²) < 4.78 is 28.5. The third-order valence-electron chi connectivity index (χ3n) is 4.83. The van der Waals surface area contributed by atoms with Gasteiger partial charge < -0.3 is 0 Å². The highest BCUT2D eigenvalue weighted by Crippen LogP contribution is 2.29. The lowest BCUT2D eigenvalue weighted by molar-refractivity contribution is 0.508. The lowest BCUT2D eigenvalue weighted by atomic mass is 9.97. The van der Waals surface area contributed by atoms with Gasteiger partial charge in [0.05, 0.1) is 0 Å². The van der Waals surface area contributed by atoms with Crippen LogP contribution in [0.3, 0.4) is 0 Å². The molecule has 0 fully saturated rings. The Labute approximate surface area is 148 Å². The van der Waals surface area contributed by atoms with E-state index in [1.165, 1.54) is 24.8 Å². The van der Waals surface area contributed by atoms with Gasteiger partial charge in [0.15, 0.2) is 11.6 Å². The summed E-state index contributed by atoms with van der Waals surface area (Å²) in [6.07, 6.45) is 5.25. The van der Waals surface area contributed by atoms with E-state index in [1.54, 1.807) is 12.1 Å². The van der Waals surface area contributed by atoms with Crippen LogP contribution < -0.4 is 0 Å². The first-order valence-electron chi connectivity index (χ1n) is 9.14. The minimum Gasteiger partial charge on any atom is -0.203 e. The SMILES string of the molecule is CCCCCc1ccc(-c2ccc3cc(CC)c(F)c(F)c3c2)cc1. The van der Waals surface area contributed by atoms with Crippen molar-refractivity contribution in [1.82, 2.24) is 0 Å². The zero-order valence-electron chi connectivity index (χ0n) is 14.9. The first kappa shape index (κ1) is 17.6. The van der Waals surface area contributed by atoms with Gasteiger partial charge in [0.2, 0.25) is 0 Å². The van der Waals surface area contributed by atoms with Crippen LogP contribution in [0.5, 0.6) is 0 Å². The second-order valence-corrected chi connectivity index (χ2v) is 6.61. The van der Waals surface area contributed by atoms with Gasteiger partial charge in [0.25, 0.3) is 0 Å². The molecule has 0 saturated carbocycles. The summed E-state index contributed by atoms with van der Waals surface area (Å²) in [6, 6.07) is 15.7. The van der Waals surface area contributed by atoms with Gasteiger partial charge in [-0.25, -0.2) is 8.78 Å². The molecule has 0 spiro atoms. The van der Waals surface area contributed by atoms with E-state index in [4.69, 9.17) is 0 Å². The maximum Gasteiger partial charge on any atom is 0.166 e. The lowest BCUT2D eigenvalue weighted by Gasteiger charge is -2.09. The minimum atomic E-state index is -0.743. The molecule has 3 aromatic rings. The molecule has 130 valence electrons. The summed E-state index contributed by atoms with van der Waals surface area (Å²) in [6.45, 7) is 4.04. The topological polar surface area (TPSA) is 0 Å². The first-order valence-corrected chi connectivity index (χ1v) is 9.14. The van der Waals surface area contributed by atoms with Crippen molar-refractivity contribution >= 4 is 10.8 Å². The first-order chi connectivity index (χ1) is 12.1. The van der Waals surface area contributed by atoms with Crippen LogP contribution in [0.15, 0.2) is 48.5 Å². The summed E-state index contributed by atoms with van der Waals surface area (Å²) in [5, 5.41) is 1.09. The van der Waals surface area contributed by atoms with Crippen molar-refractivity contribution < 1.29 is 8.78 Å². The average Bonchev–Trinajstić information content (AvgIpc) is 2.65. The van der Waals surface area contributed by atoms with Crippen molar-refractivity contribution in [3.63, 3.8) is 0 Å². The predicted octanol–water partition coefficient (Wildman–Crippen LogP) is 7.08. The zero-order chi connectivity index (χ0) is 17.8. The quantitative estimate of drug-likeness (QED) is 0.421. The van der Waals surface area contributed by atoms with Crippen LogP contribution in [-0.2, 0) is 12.8 Å². The van der Waals surface area contributed by atoms with Gasteiger partial charge in [0, 0.05) is 5.39 Å². The number of benzene rings is 3. The van der Waals surface area contributed by atoms with Crippen molar-refractivity contribution in [3.8, 4) is 11.1 Å². The molecule has 3 aromatic carbocycles. The fraction of sp³-hybridized carbons (Fsp3) is 0.304. The molecular weight excluding hydrogens is 314 g/mol. The van der Waals surface area contributed by atoms with E-state index < -0.39 is 11.6 Å². The summed E-state index contributed by atoms with van der Waals surface area (Å²) in [4.78, 5) is 0. The maximum atomic E-state index is 14.4. The molecule has 3 rings (SSSR count). The van der Waals surface area contributed by atoms with Crippen LogP contribution in [0.1, 0.15) is 44.2 Å². The van der Waals surface area contributed by atoms with Gasteiger partial charge in [-0.15, -0.1) is 0 Å². The molecule has 0 atom stereocenters. The molecule has 0 saturated heterocycles. The van der Waals surface area contributed by atoms with E-state index in [0.717, 1.165) is 22.9 Å². The van der Waals surface area contributed by atoms with Gasteiger partial charge in [-0.2, -0.15) is 0 Å². The fourth-order valence-corrected chi connectivity index (χ4v) is 3.26. The number of unbranched alkanes of at least 4 members (excludes halogenated alkanes) is 2. The lowest BCUT2D eigenvalue weighted by Crippen LogP contribution is -1.95. The van der Waals surface area contributed by atoms with Crippen molar-refractivity contribution in [2.75, 3.05) is 0 Å². The van der Waals surface area contributed by atoms with Crippen LogP contribution in [-0.4, -0.2) is 0 Å². The Morgan fingerprint density at radius 2 is 1.48 bits per heavy atom. The number of hydrogen-bond acceptors (Lipinski definition) is 0. The number of rotatable bonds is 6. The number of aryl methyl sites for hydroxylation is 2. The van der Waals surface area contributed by atoms with Crippen LogP contribution in [0.4, 0.5) is 8.78 Å². The molecule has 0 aliphatic rings. The molecule has 0 radical (unpaired) electrons. The highest BCUT2D eigenvalue weighted by atomic mass is 19.2. The molecule has 0 amide bonds. The molecule has 25 heavy (non-hydrogen) atoms. The Kier molecular flexibility index (Phi) is 5.47. The van der Waals surface area contributed by atoms with Crippen molar-refractivity contribution in [1.29, 1.82) is 0 Å². The number of halogens is 2. The second kappa shape index (κ2) is 7.77. The molecule has 0 N–H and O–H groups in total. The van der Waals surface area contributed by atoms with E-state index in [0.29, 0.717) is 17.4 Å². The van der Waals surface area contributed by atoms with Gasteiger partial charge in [-0.1, -0.05) is 63.1 Å². The average molecular weight is 338 g/mol. The predicted molar refractivity (Wildman–Crippen MR) is 102 cm³/mol. The summed E-state index contributed by atoms with van der Waals surface area (Å²) in [7, 11) is 0. The molecule has 0 aliphatic heterocycles. The van der Waals surface area contributed by atoms with Gasteiger partial charge in [-0.05, 0) is 59.0 Å². The second-order valence-electron chi connectivity index (χ2n) is 6.61. The monoisotopic (exact) mass is 338 g/mol. The van der Waals surface area contributed by atoms with Crippen LogP contribution in [0, 0.1) is 11.6 Å². The molecule has 0 heterocycles. The Bertz CT molecular complexity index is 863. The molecule has 0 nitrogen and oxygen atoms in total. The standard InChI is InChI=1S/C23H24F2/c1-3-5-6-7-16-8-10-18(11-9-16)19-12-13-20-14-17(4-2)22(24)23(25)21(20)15-19/h8-15H,3-7H2,1-2H3. The summed E-state index contributed by atoms with van der Waals surface area (Å²) in [5.41, 5.74) is 3.69. The van der Waals surface area contributed by atoms with E-state index in [9.17, 15) is 8.78 Å². The Hall–Kier alpha value is -2.22.